The van der Waals surface area contributed by atoms with Gasteiger partial charge in [0.25, 0.3) is 0 Å². The van der Waals surface area contributed by atoms with Crippen molar-refractivity contribution in [2.75, 3.05) is 5.32 Å². The molecule has 1 aromatic carbocycles. The van der Waals surface area contributed by atoms with Gasteiger partial charge in [0.05, 0.1) is 11.6 Å². The van der Waals surface area contributed by atoms with Crippen LogP contribution in [0.5, 0.6) is 0 Å². The molecule has 16 heavy (non-hydrogen) atoms. The molecule has 2 aromatic rings. The third-order valence-electron chi connectivity index (χ3n) is 2.73. The Hall–Kier alpha value is -1.35. The average Bonchev–Trinajstić information content (AvgIpc) is 2.67. The van der Waals surface area contributed by atoms with E-state index in [0.717, 1.165) is 11.6 Å². The molecule has 0 spiro atoms. The fourth-order valence-corrected chi connectivity index (χ4v) is 2.35. The van der Waals surface area contributed by atoms with Crippen molar-refractivity contribution in [2.24, 2.45) is 0 Å². The van der Waals surface area contributed by atoms with E-state index < -0.39 is 0 Å². The monoisotopic (exact) mass is 232 g/mol. The molecular formula is C13H16N2S. The first kappa shape index (κ1) is 11.1. The van der Waals surface area contributed by atoms with E-state index in [-0.39, 0.29) is 0 Å². The lowest BCUT2D eigenvalue weighted by atomic mass is 10.1. The fraction of sp³-hybridized carbons (Fsp3) is 0.308. The second kappa shape index (κ2) is 4.66. The third-order valence-corrected chi connectivity index (χ3v) is 3.64. The SMILES string of the molecule is Cc1ncc(CNc2cccc(C)c2C)s1. The number of anilines is 1. The highest BCUT2D eigenvalue weighted by molar-refractivity contribution is 7.11. The Morgan fingerprint density at radius 2 is 2.06 bits per heavy atom. The van der Waals surface area contributed by atoms with Crippen LogP contribution in [-0.2, 0) is 6.54 Å². The summed E-state index contributed by atoms with van der Waals surface area (Å²) in [5, 5.41) is 4.58. The van der Waals surface area contributed by atoms with Crippen LogP contribution < -0.4 is 5.32 Å². The van der Waals surface area contributed by atoms with Gasteiger partial charge in [0.15, 0.2) is 0 Å². The Morgan fingerprint density at radius 1 is 1.25 bits per heavy atom. The van der Waals surface area contributed by atoms with Gasteiger partial charge in [-0.25, -0.2) is 4.98 Å². The van der Waals surface area contributed by atoms with Gasteiger partial charge in [-0.2, -0.15) is 0 Å². The molecule has 0 aliphatic carbocycles. The van der Waals surface area contributed by atoms with Crippen LogP contribution in [-0.4, -0.2) is 4.98 Å². The molecule has 0 bridgehead atoms. The van der Waals surface area contributed by atoms with Crippen molar-refractivity contribution in [3.05, 3.63) is 45.4 Å². The van der Waals surface area contributed by atoms with E-state index in [4.69, 9.17) is 0 Å². The number of benzene rings is 1. The van der Waals surface area contributed by atoms with E-state index in [0.29, 0.717) is 0 Å². The number of aryl methyl sites for hydroxylation is 2. The Kier molecular flexibility index (Phi) is 3.25. The molecule has 0 aliphatic rings. The van der Waals surface area contributed by atoms with Gasteiger partial charge < -0.3 is 5.32 Å². The maximum Gasteiger partial charge on any atom is 0.0897 e. The van der Waals surface area contributed by atoms with Gasteiger partial charge in [-0.15, -0.1) is 11.3 Å². The zero-order valence-corrected chi connectivity index (χ0v) is 10.7. The summed E-state index contributed by atoms with van der Waals surface area (Å²) >= 11 is 1.74. The summed E-state index contributed by atoms with van der Waals surface area (Å²) in [7, 11) is 0. The predicted molar refractivity (Wildman–Crippen MR) is 70.1 cm³/mol. The molecular weight excluding hydrogens is 216 g/mol. The number of rotatable bonds is 3. The largest absolute Gasteiger partial charge is 0.380 e. The van der Waals surface area contributed by atoms with Crippen molar-refractivity contribution in [3.8, 4) is 0 Å². The third kappa shape index (κ3) is 2.42. The maximum absolute atomic E-state index is 4.25. The number of nitrogens with zero attached hydrogens (tertiary/aromatic N) is 1. The highest BCUT2D eigenvalue weighted by Gasteiger charge is 2.01. The molecule has 0 saturated heterocycles. The topological polar surface area (TPSA) is 24.9 Å². The zero-order chi connectivity index (χ0) is 11.5. The molecule has 84 valence electrons. The summed E-state index contributed by atoms with van der Waals surface area (Å²) in [4.78, 5) is 5.52. The molecule has 0 aliphatic heterocycles. The molecule has 0 radical (unpaired) electrons. The smallest absolute Gasteiger partial charge is 0.0897 e. The predicted octanol–water partition coefficient (Wildman–Crippen LogP) is 3.68. The lowest BCUT2D eigenvalue weighted by Gasteiger charge is -2.10. The van der Waals surface area contributed by atoms with E-state index in [1.807, 2.05) is 13.1 Å². The van der Waals surface area contributed by atoms with Gasteiger partial charge >= 0.3 is 0 Å². The van der Waals surface area contributed by atoms with E-state index >= 15 is 0 Å². The van der Waals surface area contributed by atoms with Crippen LogP contribution in [0.25, 0.3) is 0 Å². The average molecular weight is 232 g/mol. The van der Waals surface area contributed by atoms with Gasteiger partial charge in [0.1, 0.15) is 0 Å². The molecule has 0 fully saturated rings. The van der Waals surface area contributed by atoms with Crippen molar-refractivity contribution in [1.82, 2.24) is 4.98 Å². The minimum absolute atomic E-state index is 0.857. The van der Waals surface area contributed by atoms with Crippen LogP contribution in [0.15, 0.2) is 24.4 Å². The summed E-state index contributed by atoms with van der Waals surface area (Å²) in [5.74, 6) is 0. The summed E-state index contributed by atoms with van der Waals surface area (Å²) in [5.41, 5.74) is 3.86. The summed E-state index contributed by atoms with van der Waals surface area (Å²) in [6.07, 6.45) is 1.94. The lowest BCUT2D eigenvalue weighted by molar-refractivity contribution is 1.15. The van der Waals surface area contributed by atoms with Crippen molar-refractivity contribution in [3.63, 3.8) is 0 Å². The fourth-order valence-electron chi connectivity index (χ4n) is 1.61. The number of nitrogens with one attached hydrogen (secondary N) is 1. The molecule has 1 heterocycles. The number of hydrogen-bond donors (Lipinski definition) is 1. The summed E-state index contributed by atoms with van der Waals surface area (Å²) < 4.78 is 0. The van der Waals surface area contributed by atoms with Gasteiger partial charge in [-0.1, -0.05) is 12.1 Å². The van der Waals surface area contributed by atoms with Crippen LogP contribution in [0.3, 0.4) is 0 Å². The highest BCUT2D eigenvalue weighted by Crippen LogP contribution is 2.20. The van der Waals surface area contributed by atoms with Crippen molar-refractivity contribution in [1.29, 1.82) is 0 Å². The Bertz CT molecular complexity index is 488. The van der Waals surface area contributed by atoms with E-state index in [2.05, 4.69) is 42.3 Å². The van der Waals surface area contributed by atoms with Crippen LogP contribution in [0.2, 0.25) is 0 Å². The van der Waals surface area contributed by atoms with Crippen molar-refractivity contribution >= 4 is 17.0 Å². The normalized spacial score (nSPS) is 10.4. The van der Waals surface area contributed by atoms with Gasteiger partial charge in [-0.05, 0) is 38.0 Å². The quantitative estimate of drug-likeness (QED) is 0.873. The number of hydrogen-bond acceptors (Lipinski definition) is 3. The molecule has 1 N–H and O–H groups in total. The second-order valence-electron chi connectivity index (χ2n) is 3.95. The summed E-state index contributed by atoms with van der Waals surface area (Å²) in [6.45, 7) is 7.18. The Labute approximate surface area is 100 Å². The first-order chi connectivity index (χ1) is 7.66. The second-order valence-corrected chi connectivity index (χ2v) is 5.27. The Morgan fingerprint density at radius 3 is 2.75 bits per heavy atom. The number of thiazole rings is 1. The Balaban J connectivity index is 2.07. The maximum atomic E-state index is 4.25. The minimum Gasteiger partial charge on any atom is -0.380 e. The zero-order valence-electron chi connectivity index (χ0n) is 9.87. The summed E-state index contributed by atoms with van der Waals surface area (Å²) in [6, 6.07) is 6.34. The molecule has 0 amide bonds. The van der Waals surface area contributed by atoms with Crippen molar-refractivity contribution in [2.45, 2.75) is 27.3 Å². The minimum atomic E-state index is 0.857. The molecule has 3 heteroatoms. The molecule has 2 nitrogen and oxygen atoms in total. The lowest BCUT2D eigenvalue weighted by Crippen LogP contribution is -2.00. The van der Waals surface area contributed by atoms with Crippen LogP contribution in [0.1, 0.15) is 21.0 Å². The van der Waals surface area contributed by atoms with Crippen molar-refractivity contribution < 1.29 is 0 Å². The van der Waals surface area contributed by atoms with E-state index in [1.54, 1.807) is 11.3 Å². The molecule has 0 saturated carbocycles. The van der Waals surface area contributed by atoms with Crippen LogP contribution in [0, 0.1) is 20.8 Å². The van der Waals surface area contributed by atoms with Gasteiger partial charge in [0, 0.05) is 16.8 Å². The van der Waals surface area contributed by atoms with E-state index in [1.165, 1.54) is 21.7 Å². The van der Waals surface area contributed by atoms with Crippen LogP contribution >= 0.6 is 11.3 Å². The number of aromatic nitrogens is 1. The van der Waals surface area contributed by atoms with E-state index in [9.17, 15) is 0 Å². The molecule has 0 unspecified atom stereocenters. The first-order valence-electron chi connectivity index (χ1n) is 5.38. The molecule has 0 atom stereocenters. The van der Waals surface area contributed by atoms with Crippen LogP contribution in [0.4, 0.5) is 5.69 Å². The molecule has 2 rings (SSSR count). The highest BCUT2D eigenvalue weighted by atomic mass is 32.1. The van der Waals surface area contributed by atoms with Gasteiger partial charge in [-0.3, -0.25) is 0 Å². The molecule has 1 aromatic heterocycles. The standard InChI is InChI=1S/C13H16N2S/c1-9-5-4-6-13(10(9)2)15-8-12-7-14-11(3)16-12/h4-7,15H,8H2,1-3H3. The van der Waals surface area contributed by atoms with Gasteiger partial charge in [0.2, 0.25) is 0 Å². The first-order valence-corrected chi connectivity index (χ1v) is 6.20.